The van der Waals surface area contributed by atoms with Crippen LogP contribution in [0.2, 0.25) is 0 Å². The van der Waals surface area contributed by atoms with Crippen LogP contribution >= 0.6 is 11.8 Å². The molecule has 0 aliphatic carbocycles. The molecule has 0 saturated carbocycles. The van der Waals surface area contributed by atoms with Gasteiger partial charge in [-0.05, 0) is 29.8 Å². The van der Waals surface area contributed by atoms with Crippen molar-refractivity contribution >= 4 is 23.4 Å². The average Bonchev–Trinajstić information content (AvgIpc) is 2.96. The lowest BCUT2D eigenvalue weighted by molar-refractivity contribution is -0.115. The zero-order valence-electron chi connectivity index (χ0n) is 12.5. The summed E-state index contributed by atoms with van der Waals surface area (Å²) in [5.41, 5.74) is 1.94. The third-order valence-electron chi connectivity index (χ3n) is 3.59. The smallest absolute Gasteiger partial charge is 0.238 e. The van der Waals surface area contributed by atoms with E-state index in [1.807, 2.05) is 53.4 Å². The Morgan fingerprint density at radius 2 is 1.77 bits per heavy atom. The number of benzene rings is 2. The lowest BCUT2D eigenvalue weighted by atomic mass is 10.1. The number of methoxy groups -OCH3 is 2. The zero-order chi connectivity index (χ0) is 15.5. The Morgan fingerprint density at radius 3 is 2.45 bits per heavy atom. The number of rotatable bonds is 4. The maximum atomic E-state index is 12.3. The van der Waals surface area contributed by atoms with Gasteiger partial charge < -0.3 is 9.47 Å². The number of thioether (sulfide) groups is 1. The summed E-state index contributed by atoms with van der Waals surface area (Å²) in [5.74, 6) is 1.96. The van der Waals surface area contributed by atoms with Crippen molar-refractivity contribution in [3.8, 4) is 11.5 Å². The molecular formula is C17H17NO3S. The molecule has 1 aliphatic heterocycles. The Bertz CT molecular complexity index is 675. The van der Waals surface area contributed by atoms with E-state index < -0.39 is 0 Å². The molecule has 22 heavy (non-hydrogen) atoms. The Labute approximate surface area is 134 Å². The molecular weight excluding hydrogens is 298 g/mol. The van der Waals surface area contributed by atoms with E-state index in [9.17, 15) is 4.79 Å². The predicted octanol–water partition coefficient (Wildman–Crippen LogP) is 3.48. The van der Waals surface area contributed by atoms with E-state index in [4.69, 9.17) is 9.47 Å². The molecule has 0 aromatic heterocycles. The van der Waals surface area contributed by atoms with Gasteiger partial charge in [-0.1, -0.05) is 24.3 Å². The monoisotopic (exact) mass is 315 g/mol. The number of hydrogen-bond acceptors (Lipinski definition) is 4. The highest BCUT2D eigenvalue weighted by atomic mass is 32.2. The third-order valence-corrected chi connectivity index (χ3v) is 4.81. The van der Waals surface area contributed by atoms with Gasteiger partial charge in [0.2, 0.25) is 5.91 Å². The van der Waals surface area contributed by atoms with Crippen molar-refractivity contribution in [3.63, 3.8) is 0 Å². The van der Waals surface area contributed by atoms with E-state index in [1.54, 1.807) is 26.0 Å². The van der Waals surface area contributed by atoms with Crippen LogP contribution in [0.3, 0.4) is 0 Å². The summed E-state index contributed by atoms with van der Waals surface area (Å²) in [4.78, 5) is 14.1. The Hall–Kier alpha value is -2.14. The van der Waals surface area contributed by atoms with Crippen LogP contribution in [-0.4, -0.2) is 25.9 Å². The number of ether oxygens (including phenoxy) is 2. The second-order valence-electron chi connectivity index (χ2n) is 4.88. The first-order chi connectivity index (χ1) is 10.7. The standard InChI is InChI=1S/C17H17NO3S/c1-20-14-9-8-12(10-15(14)21-2)17-18(16(19)11-22-17)13-6-4-3-5-7-13/h3-10,17H,11H2,1-2H3/t17-/m1/s1. The quantitative estimate of drug-likeness (QED) is 0.866. The topological polar surface area (TPSA) is 38.8 Å². The van der Waals surface area contributed by atoms with Crippen LogP contribution < -0.4 is 14.4 Å². The lowest BCUT2D eigenvalue weighted by Gasteiger charge is -2.24. The SMILES string of the molecule is COc1ccc([C@H]2SCC(=O)N2c2ccccc2)cc1OC. The van der Waals surface area contributed by atoms with Crippen molar-refractivity contribution in [3.05, 3.63) is 54.1 Å². The summed E-state index contributed by atoms with van der Waals surface area (Å²) in [6, 6.07) is 15.5. The molecule has 0 unspecified atom stereocenters. The molecule has 1 atom stereocenters. The van der Waals surface area contributed by atoms with Crippen molar-refractivity contribution in [2.45, 2.75) is 5.37 Å². The van der Waals surface area contributed by atoms with Gasteiger partial charge in [-0.3, -0.25) is 9.69 Å². The van der Waals surface area contributed by atoms with E-state index in [1.165, 1.54) is 0 Å². The number of carbonyl (C=O) groups excluding carboxylic acids is 1. The van der Waals surface area contributed by atoms with Gasteiger partial charge in [-0.2, -0.15) is 0 Å². The van der Waals surface area contributed by atoms with E-state index in [0.717, 1.165) is 11.3 Å². The number of hydrogen-bond donors (Lipinski definition) is 0. The largest absolute Gasteiger partial charge is 0.493 e. The molecule has 0 bridgehead atoms. The molecule has 2 aromatic rings. The van der Waals surface area contributed by atoms with Crippen LogP contribution in [0.25, 0.3) is 0 Å². The fourth-order valence-corrected chi connectivity index (χ4v) is 3.71. The summed E-state index contributed by atoms with van der Waals surface area (Å²) < 4.78 is 10.6. The maximum absolute atomic E-state index is 12.3. The highest BCUT2D eigenvalue weighted by Crippen LogP contribution is 2.43. The average molecular weight is 315 g/mol. The van der Waals surface area contributed by atoms with Gasteiger partial charge >= 0.3 is 0 Å². The molecule has 1 saturated heterocycles. The molecule has 4 nitrogen and oxygen atoms in total. The molecule has 2 aromatic carbocycles. The molecule has 0 radical (unpaired) electrons. The van der Waals surface area contributed by atoms with Crippen molar-refractivity contribution in [2.24, 2.45) is 0 Å². The second kappa shape index (κ2) is 6.32. The molecule has 5 heteroatoms. The summed E-state index contributed by atoms with van der Waals surface area (Å²) in [5, 5.41) is -0.0466. The highest BCUT2D eigenvalue weighted by Gasteiger charge is 2.34. The normalized spacial score (nSPS) is 17.6. The Kier molecular flexibility index (Phi) is 4.24. The highest BCUT2D eigenvalue weighted by molar-refractivity contribution is 8.00. The van der Waals surface area contributed by atoms with Crippen molar-refractivity contribution in [1.29, 1.82) is 0 Å². The number of anilines is 1. The molecule has 1 heterocycles. The Morgan fingerprint density at radius 1 is 1.05 bits per heavy atom. The number of nitrogens with zero attached hydrogens (tertiary/aromatic N) is 1. The fraction of sp³-hybridized carbons (Fsp3) is 0.235. The minimum Gasteiger partial charge on any atom is -0.493 e. The Balaban J connectivity index is 1.98. The first-order valence-corrected chi connectivity index (χ1v) is 8.00. The van der Waals surface area contributed by atoms with Crippen molar-refractivity contribution < 1.29 is 14.3 Å². The fourth-order valence-electron chi connectivity index (χ4n) is 2.54. The minimum absolute atomic E-state index is 0.0466. The number of para-hydroxylation sites is 1. The molecule has 1 aliphatic rings. The van der Waals surface area contributed by atoms with Gasteiger partial charge in [0, 0.05) is 5.69 Å². The van der Waals surface area contributed by atoms with E-state index >= 15 is 0 Å². The molecule has 114 valence electrons. The van der Waals surface area contributed by atoms with Gasteiger partial charge in [-0.15, -0.1) is 11.8 Å². The summed E-state index contributed by atoms with van der Waals surface area (Å²) >= 11 is 1.62. The minimum atomic E-state index is -0.0466. The zero-order valence-corrected chi connectivity index (χ0v) is 13.3. The molecule has 1 amide bonds. The van der Waals surface area contributed by atoms with Crippen LogP contribution in [0, 0.1) is 0 Å². The van der Waals surface area contributed by atoms with Crippen LogP contribution in [-0.2, 0) is 4.79 Å². The number of amides is 1. The van der Waals surface area contributed by atoms with E-state index in [2.05, 4.69) is 0 Å². The van der Waals surface area contributed by atoms with Gasteiger partial charge in [0.05, 0.1) is 20.0 Å². The molecule has 0 spiro atoms. The van der Waals surface area contributed by atoms with Gasteiger partial charge in [0.15, 0.2) is 11.5 Å². The van der Waals surface area contributed by atoms with Crippen LogP contribution in [0.1, 0.15) is 10.9 Å². The van der Waals surface area contributed by atoms with Crippen molar-refractivity contribution in [1.82, 2.24) is 0 Å². The van der Waals surface area contributed by atoms with E-state index in [-0.39, 0.29) is 11.3 Å². The first-order valence-electron chi connectivity index (χ1n) is 6.95. The van der Waals surface area contributed by atoms with Gasteiger partial charge in [0.1, 0.15) is 5.37 Å². The molecule has 3 rings (SSSR count). The first kappa shape index (κ1) is 14.8. The van der Waals surface area contributed by atoms with Crippen LogP contribution in [0.5, 0.6) is 11.5 Å². The van der Waals surface area contributed by atoms with Crippen molar-refractivity contribution in [2.75, 3.05) is 24.9 Å². The predicted molar refractivity (Wildman–Crippen MR) is 88.7 cm³/mol. The maximum Gasteiger partial charge on any atom is 0.238 e. The van der Waals surface area contributed by atoms with Crippen LogP contribution in [0.15, 0.2) is 48.5 Å². The third kappa shape index (κ3) is 2.64. The van der Waals surface area contributed by atoms with Gasteiger partial charge in [0.25, 0.3) is 0 Å². The summed E-state index contributed by atoms with van der Waals surface area (Å²) in [6.45, 7) is 0. The van der Waals surface area contributed by atoms with Crippen LogP contribution in [0.4, 0.5) is 5.69 Å². The summed E-state index contributed by atoms with van der Waals surface area (Å²) in [6.07, 6.45) is 0. The second-order valence-corrected chi connectivity index (χ2v) is 5.95. The summed E-state index contributed by atoms with van der Waals surface area (Å²) in [7, 11) is 3.23. The van der Waals surface area contributed by atoms with E-state index in [0.29, 0.717) is 17.3 Å². The lowest BCUT2D eigenvalue weighted by Crippen LogP contribution is -2.27. The molecule has 0 N–H and O–H groups in total. The molecule has 1 fully saturated rings. The van der Waals surface area contributed by atoms with Gasteiger partial charge in [-0.25, -0.2) is 0 Å². The number of carbonyl (C=O) groups is 1.